The van der Waals surface area contributed by atoms with Gasteiger partial charge in [0.25, 0.3) is 0 Å². The molecule has 0 aromatic carbocycles. The molecule has 0 unspecified atom stereocenters. The molecule has 4 heteroatoms. The van der Waals surface area contributed by atoms with Crippen LogP contribution in [-0.2, 0) is 4.79 Å². The van der Waals surface area contributed by atoms with E-state index in [9.17, 15) is 4.79 Å². The van der Waals surface area contributed by atoms with Crippen LogP contribution in [0.4, 0.5) is 0 Å². The van der Waals surface area contributed by atoms with Crippen molar-refractivity contribution in [2.75, 3.05) is 20.1 Å². The summed E-state index contributed by atoms with van der Waals surface area (Å²) < 4.78 is 0. The average molecular weight is 275 g/mol. The van der Waals surface area contributed by atoms with Crippen molar-refractivity contribution in [3.8, 4) is 0 Å². The van der Waals surface area contributed by atoms with E-state index in [1.54, 1.807) is 0 Å². The fourth-order valence-electron chi connectivity index (χ4n) is 3.18. The van der Waals surface area contributed by atoms with Gasteiger partial charge < -0.3 is 10.2 Å². The molecule has 1 aliphatic carbocycles. The number of nitrogens with zero attached hydrogens (tertiary/aromatic N) is 1. The smallest absolute Gasteiger partial charge is 0.226 e. The van der Waals surface area contributed by atoms with Gasteiger partial charge in [0.2, 0.25) is 5.91 Å². The maximum atomic E-state index is 12.4. The summed E-state index contributed by atoms with van der Waals surface area (Å²) in [5.74, 6) is 0.612. The van der Waals surface area contributed by atoms with E-state index < -0.39 is 0 Å². The second-order valence-corrected chi connectivity index (χ2v) is 5.64. The molecule has 2 aliphatic rings. The summed E-state index contributed by atoms with van der Waals surface area (Å²) in [4.78, 5) is 14.5. The number of halogens is 1. The van der Waals surface area contributed by atoms with E-state index >= 15 is 0 Å². The topological polar surface area (TPSA) is 32.3 Å². The summed E-state index contributed by atoms with van der Waals surface area (Å²) in [5.41, 5.74) is 0. The Kier molecular flexibility index (Phi) is 7.02. The van der Waals surface area contributed by atoms with Gasteiger partial charge in [-0.3, -0.25) is 4.79 Å². The predicted molar refractivity (Wildman–Crippen MR) is 77.1 cm³/mol. The van der Waals surface area contributed by atoms with E-state index in [0.29, 0.717) is 11.9 Å². The highest BCUT2D eigenvalue weighted by atomic mass is 35.5. The molecule has 1 saturated heterocycles. The van der Waals surface area contributed by atoms with Crippen molar-refractivity contribution in [1.82, 2.24) is 10.2 Å². The van der Waals surface area contributed by atoms with Gasteiger partial charge in [-0.15, -0.1) is 12.4 Å². The van der Waals surface area contributed by atoms with Gasteiger partial charge in [0, 0.05) is 19.6 Å². The van der Waals surface area contributed by atoms with Crippen LogP contribution in [0.3, 0.4) is 0 Å². The van der Waals surface area contributed by atoms with Crippen molar-refractivity contribution in [3.05, 3.63) is 0 Å². The highest BCUT2D eigenvalue weighted by Crippen LogP contribution is 2.23. The van der Waals surface area contributed by atoms with Crippen LogP contribution in [0.5, 0.6) is 0 Å². The number of hydrogen-bond donors (Lipinski definition) is 1. The third kappa shape index (κ3) is 4.13. The van der Waals surface area contributed by atoms with Crippen molar-refractivity contribution in [2.24, 2.45) is 5.92 Å². The standard InChI is InChI=1S/C14H26N2O.ClH/c1-16(13-8-4-2-3-5-9-13)14(17)12-7-6-10-15-11-12;/h12-13,15H,2-11H2,1H3;1H/t12-;/m1./s1. The molecular weight excluding hydrogens is 248 g/mol. The maximum absolute atomic E-state index is 12.4. The number of carbonyl (C=O) groups is 1. The van der Waals surface area contributed by atoms with Gasteiger partial charge in [0.05, 0.1) is 5.92 Å². The Bertz CT molecular complexity index is 246. The van der Waals surface area contributed by atoms with E-state index in [-0.39, 0.29) is 18.3 Å². The first kappa shape index (κ1) is 15.8. The van der Waals surface area contributed by atoms with Crippen LogP contribution in [0.1, 0.15) is 51.4 Å². The predicted octanol–water partition coefficient (Wildman–Crippen LogP) is 2.59. The van der Waals surface area contributed by atoms with Crippen molar-refractivity contribution in [1.29, 1.82) is 0 Å². The second kappa shape index (κ2) is 8.00. The largest absolute Gasteiger partial charge is 0.342 e. The summed E-state index contributed by atoms with van der Waals surface area (Å²) in [6.45, 7) is 1.97. The van der Waals surface area contributed by atoms with E-state index in [1.807, 2.05) is 7.05 Å². The second-order valence-electron chi connectivity index (χ2n) is 5.64. The zero-order valence-corrected chi connectivity index (χ0v) is 12.3. The van der Waals surface area contributed by atoms with Crippen molar-refractivity contribution >= 4 is 18.3 Å². The number of hydrogen-bond acceptors (Lipinski definition) is 2. The van der Waals surface area contributed by atoms with Crippen molar-refractivity contribution < 1.29 is 4.79 Å². The molecule has 0 spiro atoms. The van der Waals surface area contributed by atoms with Crippen LogP contribution in [0.25, 0.3) is 0 Å². The Hall–Kier alpha value is -0.280. The van der Waals surface area contributed by atoms with E-state index in [1.165, 1.54) is 38.5 Å². The van der Waals surface area contributed by atoms with Crippen LogP contribution < -0.4 is 5.32 Å². The minimum Gasteiger partial charge on any atom is -0.342 e. The number of nitrogens with one attached hydrogen (secondary N) is 1. The zero-order chi connectivity index (χ0) is 12.1. The number of amides is 1. The zero-order valence-electron chi connectivity index (χ0n) is 11.5. The third-order valence-corrected chi connectivity index (χ3v) is 4.37. The lowest BCUT2D eigenvalue weighted by Gasteiger charge is -2.32. The van der Waals surface area contributed by atoms with Gasteiger partial charge in [-0.25, -0.2) is 0 Å². The minimum absolute atomic E-state index is 0. The molecule has 2 rings (SSSR count). The molecule has 2 fully saturated rings. The van der Waals surface area contributed by atoms with Crippen molar-refractivity contribution in [3.63, 3.8) is 0 Å². The highest BCUT2D eigenvalue weighted by Gasteiger charge is 2.28. The first-order chi connectivity index (χ1) is 8.29. The first-order valence-corrected chi connectivity index (χ1v) is 7.26. The number of piperidine rings is 1. The molecule has 3 nitrogen and oxygen atoms in total. The molecule has 18 heavy (non-hydrogen) atoms. The van der Waals surface area contributed by atoms with Gasteiger partial charge in [-0.05, 0) is 32.2 Å². The van der Waals surface area contributed by atoms with Crippen LogP contribution >= 0.6 is 12.4 Å². The molecule has 0 aromatic rings. The summed E-state index contributed by atoms with van der Waals surface area (Å²) in [6.07, 6.45) is 9.94. The molecule has 1 saturated carbocycles. The van der Waals surface area contributed by atoms with Crippen LogP contribution in [0.15, 0.2) is 0 Å². The molecule has 1 aliphatic heterocycles. The quantitative estimate of drug-likeness (QED) is 0.785. The SMILES string of the molecule is CN(C(=O)[C@@H]1CCCNC1)C1CCCCCC1.Cl. The first-order valence-electron chi connectivity index (χ1n) is 7.26. The molecule has 1 amide bonds. The summed E-state index contributed by atoms with van der Waals surface area (Å²) >= 11 is 0. The Balaban J connectivity index is 0.00000162. The van der Waals surface area contributed by atoms with Gasteiger partial charge >= 0.3 is 0 Å². The molecule has 0 radical (unpaired) electrons. The minimum atomic E-state index is 0. The van der Waals surface area contributed by atoms with Crippen LogP contribution in [-0.4, -0.2) is 37.0 Å². The number of carbonyl (C=O) groups excluding carboxylic acids is 1. The lowest BCUT2D eigenvalue weighted by molar-refractivity contribution is -0.137. The monoisotopic (exact) mass is 274 g/mol. The van der Waals surface area contributed by atoms with Gasteiger partial charge in [-0.1, -0.05) is 25.7 Å². The fraction of sp³-hybridized carbons (Fsp3) is 0.929. The lowest BCUT2D eigenvalue weighted by atomic mass is 9.96. The Morgan fingerprint density at radius 3 is 2.28 bits per heavy atom. The average Bonchev–Trinajstić information content (AvgIpc) is 2.67. The maximum Gasteiger partial charge on any atom is 0.226 e. The molecule has 106 valence electrons. The molecule has 1 heterocycles. The molecule has 1 atom stereocenters. The Morgan fingerprint density at radius 1 is 1.06 bits per heavy atom. The normalized spacial score (nSPS) is 25.9. The van der Waals surface area contributed by atoms with E-state index in [4.69, 9.17) is 0 Å². The van der Waals surface area contributed by atoms with Gasteiger partial charge in [-0.2, -0.15) is 0 Å². The van der Waals surface area contributed by atoms with Crippen LogP contribution in [0.2, 0.25) is 0 Å². The van der Waals surface area contributed by atoms with Gasteiger partial charge in [0.1, 0.15) is 0 Å². The summed E-state index contributed by atoms with van der Waals surface area (Å²) in [5, 5.41) is 3.34. The fourth-order valence-corrected chi connectivity index (χ4v) is 3.18. The van der Waals surface area contributed by atoms with E-state index in [2.05, 4.69) is 10.2 Å². The van der Waals surface area contributed by atoms with Crippen LogP contribution in [0, 0.1) is 5.92 Å². The summed E-state index contributed by atoms with van der Waals surface area (Å²) in [7, 11) is 2.02. The Labute approximate surface area is 117 Å². The molecule has 0 bridgehead atoms. The lowest BCUT2D eigenvalue weighted by Crippen LogP contribution is -2.45. The summed E-state index contributed by atoms with van der Waals surface area (Å²) in [6, 6.07) is 0.506. The Morgan fingerprint density at radius 2 is 1.72 bits per heavy atom. The highest BCUT2D eigenvalue weighted by molar-refractivity contribution is 5.85. The molecule has 0 aromatic heterocycles. The van der Waals surface area contributed by atoms with Gasteiger partial charge in [0.15, 0.2) is 0 Å². The van der Waals surface area contributed by atoms with E-state index in [0.717, 1.165) is 25.9 Å². The third-order valence-electron chi connectivity index (χ3n) is 4.37. The molecular formula is C14H27ClN2O. The molecule has 1 N–H and O–H groups in total. The van der Waals surface area contributed by atoms with Crippen molar-refractivity contribution in [2.45, 2.75) is 57.4 Å². The number of rotatable bonds is 2.